The van der Waals surface area contributed by atoms with Gasteiger partial charge in [-0.1, -0.05) is 6.92 Å². The van der Waals surface area contributed by atoms with Crippen LogP contribution in [0.3, 0.4) is 0 Å². The summed E-state index contributed by atoms with van der Waals surface area (Å²) in [6, 6.07) is 4.90. The molecule has 0 bridgehead atoms. The maximum absolute atomic E-state index is 13.4. The van der Waals surface area contributed by atoms with Crippen molar-refractivity contribution in [3.8, 4) is 0 Å². The Kier molecular flexibility index (Phi) is 3.74. The number of piperidine rings is 1. The van der Waals surface area contributed by atoms with Gasteiger partial charge in [-0.3, -0.25) is 4.79 Å². The van der Waals surface area contributed by atoms with E-state index in [2.05, 4.69) is 11.8 Å². The van der Waals surface area contributed by atoms with Gasteiger partial charge in [0.25, 0.3) is 0 Å². The second-order valence-electron chi connectivity index (χ2n) is 5.34. The SMILES string of the molecule is CC[C@@H]1CCCCN1c1csc2ccc(F)cc2c1=O. The van der Waals surface area contributed by atoms with Crippen molar-refractivity contribution in [1.29, 1.82) is 0 Å². The Balaban J connectivity index is 2.11. The first kappa shape index (κ1) is 13.6. The molecule has 4 heteroatoms. The maximum atomic E-state index is 13.4. The zero-order chi connectivity index (χ0) is 14.1. The molecule has 0 radical (unpaired) electrons. The normalized spacial score (nSPS) is 19.5. The van der Waals surface area contributed by atoms with E-state index >= 15 is 0 Å². The highest BCUT2D eigenvalue weighted by Crippen LogP contribution is 2.28. The molecule has 20 heavy (non-hydrogen) atoms. The van der Waals surface area contributed by atoms with Crippen molar-refractivity contribution in [2.24, 2.45) is 0 Å². The van der Waals surface area contributed by atoms with Gasteiger partial charge >= 0.3 is 0 Å². The van der Waals surface area contributed by atoms with E-state index in [0.717, 1.165) is 36.2 Å². The molecular weight excluding hydrogens is 273 g/mol. The van der Waals surface area contributed by atoms with E-state index in [1.807, 2.05) is 5.38 Å². The Bertz CT molecular complexity index is 682. The van der Waals surface area contributed by atoms with Gasteiger partial charge < -0.3 is 4.90 Å². The Labute approximate surface area is 121 Å². The van der Waals surface area contributed by atoms with Gasteiger partial charge in [-0.2, -0.15) is 0 Å². The molecule has 3 rings (SSSR count). The molecule has 106 valence electrons. The largest absolute Gasteiger partial charge is 0.365 e. The van der Waals surface area contributed by atoms with Crippen molar-refractivity contribution in [2.75, 3.05) is 11.4 Å². The first-order chi connectivity index (χ1) is 9.70. The van der Waals surface area contributed by atoms with Crippen LogP contribution in [0.5, 0.6) is 0 Å². The standard InChI is InChI=1S/C16H18FNOS/c1-2-12-5-3-4-8-18(12)14-10-20-15-7-6-11(17)9-13(15)16(14)19/h6-7,9-10,12H,2-5,8H2,1H3/t12-/m1/s1. The molecule has 0 amide bonds. The minimum atomic E-state index is -0.343. The maximum Gasteiger partial charge on any atom is 0.211 e. The van der Waals surface area contributed by atoms with Gasteiger partial charge in [-0.15, -0.1) is 11.3 Å². The number of hydrogen-bond donors (Lipinski definition) is 0. The number of fused-ring (bicyclic) bond motifs is 1. The summed E-state index contributed by atoms with van der Waals surface area (Å²) in [7, 11) is 0. The van der Waals surface area contributed by atoms with E-state index in [9.17, 15) is 9.18 Å². The molecule has 1 fully saturated rings. The molecule has 0 aliphatic carbocycles. The molecule has 2 heterocycles. The third kappa shape index (κ3) is 2.33. The number of anilines is 1. The Morgan fingerprint density at radius 1 is 1.40 bits per heavy atom. The van der Waals surface area contributed by atoms with Crippen molar-refractivity contribution < 1.29 is 4.39 Å². The molecule has 1 aromatic heterocycles. The first-order valence-electron chi connectivity index (χ1n) is 7.18. The van der Waals surface area contributed by atoms with Gasteiger partial charge in [-0.25, -0.2) is 4.39 Å². The van der Waals surface area contributed by atoms with Gasteiger partial charge in [0.15, 0.2) is 0 Å². The monoisotopic (exact) mass is 291 g/mol. The molecule has 2 nitrogen and oxygen atoms in total. The summed E-state index contributed by atoms with van der Waals surface area (Å²) in [5.41, 5.74) is 0.721. The van der Waals surface area contributed by atoms with Crippen LogP contribution in [0, 0.1) is 5.82 Å². The summed E-state index contributed by atoms with van der Waals surface area (Å²) >= 11 is 1.52. The fourth-order valence-corrected chi connectivity index (χ4v) is 3.94. The summed E-state index contributed by atoms with van der Waals surface area (Å²) < 4.78 is 14.2. The molecule has 0 saturated carbocycles. The summed E-state index contributed by atoms with van der Waals surface area (Å²) in [5.74, 6) is -0.343. The zero-order valence-corrected chi connectivity index (χ0v) is 12.4. The predicted molar refractivity (Wildman–Crippen MR) is 83.3 cm³/mol. The van der Waals surface area contributed by atoms with E-state index in [1.54, 1.807) is 6.07 Å². The highest BCUT2D eigenvalue weighted by atomic mass is 32.1. The summed E-state index contributed by atoms with van der Waals surface area (Å²) in [4.78, 5) is 14.9. The van der Waals surface area contributed by atoms with E-state index in [4.69, 9.17) is 0 Å². The summed E-state index contributed by atoms with van der Waals surface area (Å²) in [6.45, 7) is 3.10. The van der Waals surface area contributed by atoms with Crippen LogP contribution in [-0.2, 0) is 0 Å². The van der Waals surface area contributed by atoms with Crippen molar-refractivity contribution in [2.45, 2.75) is 38.6 Å². The van der Waals surface area contributed by atoms with Gasteiger partial charge in [0.1, 0.15) is 5.82 Å². The molecule has 0 N–H and O–H groups in total. The second kappa shape index (κ2) is 5.52. The lowest BCUT2D eigenvalue weighted by atomic mass is 9.99. The van der Waals surface area contributed by atoms with Crippen LogP contribution in [0.2, 0.25) is 0 Å². The molecule has 1 aliphatic rings. The van der Waals surface area contributed by atoms with E-state index < -0.39 is 0 Å². The second-order valence-corrected chi connectivity index (χ2v) is 6.25. The lowest BCUT2D eigenvalue weighted by molar-refractivity contribution is 0.449. The Hall–Kier alpha value is -1.42. The minimum absolute atomic E-state index is 0.0291. The third-order valence-electron chi connectivity index (χ3n) is 4.12. The van der Waals surface area contributed by atoms with Crippen LogP contribution in [-0.4, -0.2) is 12.6 Å². The van der Waals surface area contributed by atoms with Crippen molar-refractivity contribution in [3.63, 3.8) is 0 Å². The van der Waals surface area contributed by atoms with Gasteiger partial charge in [0, 0.05) is 28.1 Å². The summed E-state index contributed by atoms with van der Waals surface area (Å²) in [5, 5.41) is 2.45. The van der Waals surface area contributed by atoms with E-state index in [-0.39, 0.29) is 11.2 Å². The van der Waals surface area contributed by atoms with Crippen LogP contribution in [0.1, 0.15) is 32.6 Å². The first-order valence-corrected chi connectivity index (χ1v) is 8.06. The smallest absolute Gasteiger partial charge is 0.211 e. The van der Waals surface area contributed by atoms with Gasteiger partial charge in [0.05, 0.1) is 5.69 Å². The van der Waals surface area contributed by atoms with Crippen LogP contribution in [0.4, 0.5) is 10.1 Å². The summed E-state index contributed by atoms with van der Waals surface area (Å²) in [6.07, 6.45) is 4.55. The zero-order valence-electron chi connectivity index (χ0n) is 11.6. The number of benzene rings is 1. The number of halogens is 1. The lowest BCUT2D eigenvalue weighted by Gasteiger charge is -2.36. The van der Waals surface area contributed by atoms with Crippen molar-refractivity contribution >= 4 is 27.1 Å². The van der Waals surface area contributed by atoms with E-state index in [1.165, 1.54) is 29.9 Å². The quantitative estimate of drug-likeness (QED) is 0.827. The van der Waals surface area contributed by atoms with Crippen LogP contribution in [0.25, 0.3) is 10.1 Å². The van der Waals surface area contributed by atoms with Crippen LogP contribution < -0.4 is 10.3 Å². The minimum Gasteiger partial charge on any atom is -0.365 e. The Morgan fingerprint density at radius 2 is 2.25 bits per heavy atom. The average molecular weight is 291 g/mol. The highest BCUT2D eigenvalue weighted by Gasteiger charge is 2.23. The molecular formula is C16H18FNOS. The van der Waals surface area contributed by atoms with E-state index in [0.29, 0.717) is 11.4 Å². The van der Waals surface area contributed by atoms with Crippen molar-refractivity contribution in [1.82, 2.24) is 0 Å². The molecule has 2 aromatic rings. The Morgan fingerprint density at radius 3 is 3.05 bits per heavy atom. The molecule has 1 saturated heterocycles. The molecule has 1 aromatic carbocycles. The highest BCUT2D eigenvalue weighted by molar-refractivity contribution is 7.16. The fourth-order valence-electron chi connectivity index (χ4n) is 3.03. The van der Waals surface area contributed by atoms with Gasteiger partial charge in [0.2, 0.25) is 5.43 Å². The topological polar surface area (TPSA) is 20.3 Å². The fraction of sp³-hybridized carbons (Fsp3) is 0.438. The van der Waals surface area contributed by atoms with Crippen LogP contribution >= 0.6 is 11.3 Å². The average Bonchev–Trinajstić information content (AvgIpc) is 2.48. The van der Waals surface area contributed by atoms with Crippen LogP contribution in [0.15, 0.2) is 28.4 Å². The number of rotatable bonds is 2. The molecule has 1 aliphatic heterocycles. The van der Waals surface area contributed by atoms with Gasteiger partial charge in [-0.05, 0) is 43.9 Å². The predicted octanol–water partition coefficient (Wildman–Crippen LogP) is 4.17. The third-order valence-corrected chi connectivity index (χ3v) is 5.08. The lowest BCUT2D eigenvalue weighted by Crippen LogP contribution is -2.41. The number of hydrogen-bond acceptors (Lipinski definition) is 3. The molecule has 1 atom stereocenters. The molecule has 0 unspecified atom stereocenters. The van der Waals surface area contributed by atoms with Crippen molar-refractivity contribution in [3.05, 3.63) is 39.6 Å². The molecule has 0 spiro atoms. The number of nitrogens with zero attached hydrogens (tertiary/aromatic N) is 1.